The molecule has 0 fully saturated rings. The molecule has 18 heavy (non-hydrogen) atoms. The molecule has 0 aliphatic heterocycles. The van der Waals surface area contributed by atoms with Crippen molar-refractivity contribution in [2.45, 2.75) is 18.7 Å². The van der Waals surface area contributed by atoms with Crippen molar-refractivity contribution in [2.75, 3.05) is 11.0 Å². The van der Waals surface area contributed by atoms with Gasteiger partial charge in [-0.05, 0) is 37.1 Å². The summed E-state index contributed by atoms with van der Waals surface area (Å²) < 4.78 is 57.0. The maximum atomic E-state index is 11.1. The van der Waals surface area contributed by atoms with Gasteiger partial charge in [0.1, 0.15) is 10.1 Å². The molecule has 9 heteroatoms. The number of hydrogen-bond donors (Lipinski definition) is 1. The molecule has 0 aliphatic carbocycles. The zero-order chi connectivity index (χ0) is 13.4. The van der Waals surface area contributed by atoms with Crippen molar-refractivity contribution in [3.8, 4) is 0 Å². The fourth-order valence-electron chi connectivity index (χ4n) is 1.41. The summed E-state index contributed by atoms with van der Waals surface area (Å²) in [7, 11) is -7.98. The zero-order valence-electron chi connectivity index (χ0n) is 10.5. The van der Waals surface area contributed by atoms with Crippen LogP contribution in [0.15, 0.2) is 17.0 Å². The van der Waals surface area contributed by atoms with E-state index in [1.165, 1.54) is 13.8 Å². The van der Waals surface area contributed by atoms with Gasteiger partial charge in [-0.2, -0.15) is 0 Å². The minimum Gasteiger partial charge on any atom is -0.744 e. The van der Waals surface area contributed by atoms with Crippen LogP contribution in [0.1, 0.15) is 11.1 Å². The Morgan fingerprint density at radius 1 is 1.06 bits per heavy atom. The number of aryl methyl sites for hydroxylation is 2. The van der Waals surface area contributed by atoms with Crippen LogP contribution in [0.4, 0.5) is 5.69 Å². The van der Waals surface area contributed by atoms with Gasteiger partial charge in [-0.25, -0.2) is 16.8 Å². The standard InChI is InChI=1S/C9H13NO5S2.Li/c1-6-4-8(17(13,14)15)5-7(2)9(6)10-16(3,11)12;/h4-5,10H,1-3H3,(H,13,14,15);/q;+1/p-1. The first-order valence-corrected chi connectivity index (χ1v) is 7.85. The maximum absolute atomic E-state index is 11.1. The van der Waals surface area contributed by atoms with Gasteiger partial charge in [0, 0.05) is 0 Å². The molecule has 1 aromatic carbocycles. The summed E-state index contributed by atoms with van der Waals surface area (Å²) in [5.41, 5.74) is 1.05. The Kier molecular flexibility index (Phi) is 5.47. The molecule has 1 aromatic rings. The molecule has 0 radical (unpaired) electrons. The number of anilines is 1. The van der Waals surface area contributed by atoms with Crippen LogP contribution in [0.5, 0.6) is 0 Å². The van der Waals surface area contributed by atoms with Crippen molar-refractivity contribution in [3.05, 3.63) is 23.3 Å². The molecule has 1 rings (SSSR count). The summed E-state index contributed by atoms with van der Waals surface area (Å²) in [6, 6.07) is 2.28. The molecule has 0 amide bonds. The largest absolute Gasteiger partial charge is 1.00 e. The topological polar surface area (TPSA) is 103 Å². The summed E-state index contributed by atoms with van der Waals surface area (Å²) in [4.78, 5) is -0.369. The second kappa shape index (κ2) is 5.63. The van der Waals surface area contributed by atoms with E-state index in [1.807, 2.05) is 0 Å². The van der Waals surface area contributed by atoms with Gasteiger partial charge in [0.25, 0.3) is 0 Å². The minimum absolute atomic E-state index is 0. The molecule has 0 bridgehead atoms. The number of hydrogen-bond acceptors (Lipinski definition) is 5. The fourth-order valence-corrected chi connectivity index (χ4v) is 2.75. The SMILES string of the molecule is Cc1cc(S(=O)(=O)[O-])cc(C)c1NS(C)(=O)=O.[Li+]. The predicted octanol–water partition coefficient (Wildman–Crippen LogP) is -2.42. The Morgan fingerprint density at radius 3 is 1.72 bits per heavy atom. The molecule has 0 saturated carbocycles. The molecule has 0 aromatic heterocycles. The number of benzene rings is 1. The molecule has 6 nitrogen and oxygen atoms in total. The molecule has 0 heterocycles. The van der Waals surface area contributed by atoms with Crippen LogP contribution in [0, 0.1) is 13.8 Å². The van der Waals surface area contributed by atoms with E-state index in [0.717, 1.165) is 18.4 Å². The van der Waals surface area contributed by atoms with E-state index in [4.69, 9.17) is 0 Å². The molecule has 0 saturated heterocycles. The van der Waals surface area contributed by atoms with Crippen molar-refractivity contribution >= 4 is 25.8 Å². The Hall–Kier alpha value is -0.523. The Bertz CT molecular complexity index is 629. The first-order chi connectivity index (χ1) is 7.50. The van der Waals surface area contributed by atoms with E-state index in [-0.39, 0.29) is 23.8 Å². The summed E-state index contributed by atoms with van der Waals surface area (Å²) in [6.07, 6.45) is 0.990. The van der Waals surface area contributed by atoms with E-state index in [2.05, 4.69) is 4.72 Å². The van der Waals surface area contributed by atoms with Crippen LogP contribution in [0.25, 0.3) is 0 Å². The van der Waals surface area contributed by atoms with Gasteiger partial charge in [-0.3, -0.25) is 4.72 Å². The first kappa shape index (κ1) is 17.5. The van der Waals surface area contributed by atoms with E-state index in [1.54, 1.807) is 0 Å². The van der Waals surface area contributed by atoms with Crippen molar-refractivity contribution in [1.82, 2.24) is 0 Å². The number of rotatable bonds is 3. The van der Waals surface area contributed by atoms with Crippen molar-refractivity contribution in [1.29, 1.82) is 0 Å². The van der Waals surface area contributed by atoms with Crippen LogP contribution < -0.4 is 23.6 Å². The van der Waals surface area contributed by atoms with Crippen LogP contribution in [-0.4, -0.2) is 27.6 Å². The smallest absolute Gasteiger partial charge is 0.744 e. The molecule has 1 N–H and O–H groups in total. The third-order valence-electron chi connectivity index (χ3n) is 2.08. The molecular formula is C9H12LiNO5S2. The Balaban J connectivity index is 0.00000289. The number of nitrogens with one attached hydrogen (secondary N) is 1. The molecule has 0 spiro atoms. The van der Waals surface area contributed by atoms with Gasteiger partial charge in [0.2, 0.25) is 10.0 Å². The summed E-state index contributed by atoms with van der Waals surface area (Å²) >= 11 is 0. The second-order valence-corrected chi connectivity index (χ2v) is 6.89. The van der Waals surface area contributed by atoms with E-state index in [0.29, 0.717) is 16.8 Å². The third-order valence-corrected chi connectivity index (χ3v) is 3.47. The molecule has 96 valence electrons. The molecule has 0 atom stereocenters. The first-order valence-electron chi connectivity index (χ1n) is 4.55. The average Bonchev–Trinajstić information content (AvgIpc) is 2.07. The monoisotopic (exact) mass is 285 g/mol. The molecular weight excluding hydrogens is 273 g/mol. The second-order valence-electron chi connectivity index (χ2n) is 3.76. The van der Waals surface area contributed by atoms with E-state index >= 15 is 0 Å². The minimum atomic E-state index is -4.54. The van der Waals surface area contributed by atoms with E-state index in [9.17, 15) is 21.4 Å². The Labute approximate surface area is 119 Å². The van der Waals surface area contributed by atoms with Gasteiger partial charge >= 0.3 is 18.9 Å². The third kappa shape index (κ3) is 4.63. The van der Waals surface area contributed by atoms with Gasteiger partial charge in [-0.1, -0.05) is 0 Å². The van der Waals surface area contributed by atoms with Gasteiger partial charge in [0.15, 0.2) is 0 Å². The van der Waals surface area contributed by atoms with Crippen molar-refractivity contribution < 1.29 is 40.2 Å². The van der Waals surface area contributed by atoms with Crippen molar-refractivity contribution in [2.24, 2.45) is 0 Å². The fraction of sp³-hybridized carbons (Fsp3) is 0.333. The average molecular weight is 285 g/mol. The molecule has 0 aliphatic rings. The normalized spacial score (nSPS) is 11.8. The Morgan fingerprint density at radius 2 is 1.44 bits per heavy atom. The van der Waals surface area contributed by atoms with Gasteiger partial charge in [0.05, 0.1) is 16.8 Å². The summed E-state index contributed by atoms with van der Waals surface area (Å²) in [5.74, 6) is 0. The molecule has 0 unspecified atom stereocenters. The summed E-state index contributed by atoms with van der Waals surface area (Å²) in [5, 5.41) is 0. The van der Waals surface area contributed by atoms with Crippen LogP contribution in [0.3, 0.4) is 0 Å². The van der Waals surface area contributed by atoms with Gasteiger partial charge < -0.3 is 4.55 Å². The quantitative estimate of drug-likeness (QED) is 0.492. The van der Waals surface area contributed by atoms with Gasteiger partial charge in [-0.15, -0.1) is 0 Å². The zero-order valence-corrected chi connectivity index (χ0v) is 12.1. The van der Waals surface area contributed by atoms with Crippen molar-refractivity contribution in [3.63, 3.8) is 0 Å². The van der Waals surface area contributed by atoms with Crippen LogP contribution >= 0.6 is 0 Å². The predicted molar refractivity (Wildman–Crippen MR) is 62.3 cm³/mol. The number of sulfonamides is 1. The van der Waals surface area contributed by atoms with Crippen LogP contribution in [-0.2, 0) is 20.1 Å². The maximum Gasteiger partial charge on any atom is 1.00 e. The van der Waals surface area contributed by atoms with E-state index < -0.39 is 20.1 Å². The van der Waals surface area contributed by atoms with Crippen LogP contribution in [0.2, 0.25) is 0 Å². The summed E-state index contributed by atoms with van der Waals surface area (Å²) in [6.45, 7) is 3.05.